The number of carbonyl (C=O) groups is 3. The van der Waals surface area contributed by atoms with Crippen molar-refractivity contribution in [1.29, 1.82) is 0 Å². The summed E-state index contributed by atoms with van der Waals surface area (Å²) in [7, 11) is 0. The average Bonchev–Trinajstić information content (AvgIpc) is 3.54. The van der Waals surface area contributed by atoms with Crippen molar-refractivity contribution in [2.24, 2.45) is 17.8 Å². The largest absolute Gasteiger partial charge is 0.466 e. The fraction of sp³-hybridized carbons (Fsp3) is 0.679. The molecule has 3 aliphatic rings. The molecular formula is C28H41N3O5S. The summed E-state index contributed by atoms with van der Waals surface area (Å²) in [5.41, 5.74) is 1.75. The van der Waals surface area contributed by atoms with Gasteiger partial charge in [-0.1, -0.05) is 20.3 Å². The van der Waals surface area contributed by atoms with E-state index in [0.29, 0.717) is 12.1 Å². The van der Waals surface area contributed by atoms with Crippen LogP contribution in [-0.4, -0.2) is 76.2 Å². The first kappa shape index (κ1) is 27.8. The van der Waals surface area contributed by atoms with Gasteiger partial charge in [0, 0.05) is 29.7 Å². The number of hydrogen-bond acceptors (Lipinski definition) is 7. The molecule has 2 bridgehead atoms. The van der Waals surface area contributed by atoms with E-state index in [1.807, 2.05) is 38.1 Å². The van der Waals surface area contributed by atoms with Gasteiger partial charge in [-0.15, -0.1) is 11.8 Å². The highest BCUT2D eigenvalue weighted by Gasteiger charge is 2.74. The second-order valence-corrected chi connectivity index (χ2v) is 12.0. The van der Waals surface area contributed by atoms with Gasteiger partial charge in [0.05, 0.1) is 35.8 Å². The number of nitrogens with one attached hydrogen (secondary N) is 1. The molecule has 3 saturated heterocycles. The Kier molecular flexibility index (Phi) is 8.43. The van der Waals surface area contributed by atoms with Gasteiger partial charge in [0.15, 0.2) is 0 Å². The quantitative estimate of drug-likeness (QED) is 0.422. The van der Waals surface area contributed by atoms with E-state index in [9.17, 15) is 19.5 Å². The molecule has 8 nitrogen and oxygen atoms in total. The molecule has 0 saturated carbocycles. The molecule has 2 unspecified atom stereocenters. The second-order valence-electron chi connectivity index (χ2n) is 10.4. The first-order valence-electron chi connectivity index (χ1n) is 13.7. The number of amides is 2. The minimum Gasteiger partial charge on any atom is -0.466 e. The summed E-state index contributed by atoms with van der Waals surface area (Å²) < 4.78 is 4.68. The summed E-state index contributed by atoms with van der Waals surface area (Å²) in [4.78, 5) is 45.0. The zero-order valence-corrected chi connectivity index (χ0v) is 23.4. The highest BCUT2D eigenvalue weighted by Crippen LogP contribution is 2.67. The Labute approximate surface area is 224 Å². The van der Waals surface area contributed by atoms with Crippen LogP contribution in [0.2, 0.25) is 0 Å². The minimum atomic E-state index is -0.770. The van der Waals surface area contributed by atoms with Crippen LogP contribution in [0.25, 0.3) is 0 Å². The number of esters is 1. The summed E-state index contributed by atoms with van der Waals surface area (Å²) in [6.45, 7) is 11.8. The maximum absolute atomic E-state index is 14.1. The number of aliphatic hydroxyl groups is 1. The number of hydrogen-bond donors (Lipinski definition) is 2. The number of benzene rings is 1. The third-order valence-electron chi connectivity index (χ3n) is 8.65. The maximum atomic E-state index is 14.1. The maximum Gasteiger partial charge on any atom is 0.310 e. The molecule has 0 radical (unpaired) electrons. The predicted molar refractivity (Wildman–Crippen MR) is 147 cm³/mol. The van der Waals surface area contributed by atoms with Crippen LogP contribution in [0.4, 0.5) is 11.4 Å². The number of likely N-dealkylation sites (tertiary alicyclic amines) is 1. The molecular weight excluding hydrogens is 490 g/mol. The molecule has 3 fully saturated rings. The number of carbonyl (C=O) groups excluding carboxylic acids is 3. The molecule has 0 aromatic heterocycles. The number of fused-ring (bicyclic) bond motifs is 1. The standard InChI is InChI=1S/C28H41N3O5S/c1-6-17(5)20(16-32)31-24(25(33)29-18-10-12-19(13-11-18)30(7-2)8-3)28-15-14-21(37-28)22(23(28)26(31)34)27(35)36-9-4/h10-13,17,20-24,32H,6-9,14-16H2,1-5H3,(H,29,33)/t17-,20-,21+,22-,23-,24?,28?/m0/s1. The van der Waals surface area contributed by atoms with E-state index in [4.69, 9.17) is 4.74 Å². The van der Waals surface area contributed by atoms with Crippen molar-refractivity contribution in [1.82, 2.24) is 4.90 Å². The third-order valence-corrected chi connectivity index (χ3v) is 10.6. The highest BCUT2D eigenvalue weighted by molar-refractivity contribution is 8.02. The first-order valence-corrected chi connectivity index (χ1v) is 14.6. The number of ether oxygens (including phenoxy) is 1. The van der Waals surface area contributed by atoms with Crippen LogP contribution < -0.4 is 10.2 Å². The fourth-order valence-electron chi connectivity index (χ4n) is 6.62. The number of rotatable bonds is 11. The molecule has 3 heterocycles. The van der Waals surface area contributed by atoms with Gasteiger partial charge in [-0.2, -0.15) is 0 Å². The first-order chi connectivity index (χ1) is 17.8. The van der Waals surface area contributed by atoms with E-state index in [0.717, 1.165) is 31.6 Å². The van der Waals surface area contributed by atoms with Gasteiger partial charge in [0.25, 0.3) is 0 Å². The molecule has 2 amide bonds. The minimum absolute atomic E-state index is 0.00364. The van der Waals surface area contributed by atoms with Gasteiger partial charge in [-0.25, -0.2) is 0 Å². The Morgan fingerprint density at radius 1 is 1.22 bits per heavy atom. The molecule has 1 spiro atoms. The Balaban J connectivity index is 1.69. The third kappa shape index (κ3) is 4.62. The predicted octanol–water partition coefficient (Wildman–Crippen LogP) is 3.53. The Morgan fingerprint density at radius 2 is 1.89 bits per heavy atom. The SMILES string of the molecule is CCOC(=O)[C@@H]1[C@H]2C(=O)N([C@@H](CO)[C@@H](C)CC)C(C(=O)Nc3ccc(N(CC)CC)cc3)C23CC[C@H]1S3. The van der Waals surface area contributed by atoms with E-state index in [1.165, 1.54) is 0 Å². The van der Waals surface area contributed by atoms with Crippen LogP contribution >= 0.6 is 11.8 Å². The van der Waals surface area contributed by atoms with Gasteiger partial charge in [-0.05, 0) is 63.8 Å². The zero-order valence-electron chi connectivity index (χ0n) is 22.6. The number of thioether (sulfide) groups is 1. The summed E-state index contributed by atoms with van der Waals surface area (Å²) in [6.07, 6.45) is 2.20. The van der Waals surface area contributed by atoms with Crippen LogP contribution in [0.15, 0.2) is 24.3 Å². The highest BCUT2D eigenvalue weighted by atomic mass is 32.2. The van der Waals surface area contributed by atoms with E-state index in [1.54, 1.807) is 23.6 Å². The van der Waals surface area contributed by atoms with Crippen molar-refractivity contribution in [3.63, 3.8) is 0 Å². The number of nitrogens with zero attached hydrogens (tertiary/aromatic N) is 2. The van der Waals surface area contributed by atoms with Crippen LogP contribution in [0.1, 0.15) is 53.9 Å². The van der Waals surface area contributed by atoms with Gasteiger partial charge in [0.1, 0.15) is 6.04 Å². The molecule has 37 heavy (non-hydrogen) atoms. The lowest BCUT2D eigenvalue weighted by Gasteiger charge is -2.39. The van der Waals surface area contributed by atoms with E-state index >= 15 is 0 Å². The van der Waals surface area contributed by atoms with E-state index in [2.05, 4.69) is 24.1 Å². The molecule has 9 heteroatoms. The molecule has 3 aliphatic heterocycles. The molecule has 0 aliphatic carbocycles. The molecule has 2 N–H and O–H groups in total. The summed E-state index contributed by atoms with van der Waals surface area (Å²) in [5.74, 6) is -1.99. The van der Waals surface area contributed by atoms with Gasteiger partial charge in [-0.3, -0.25) is 14.4 Å². The van der Waals surface area contributed by atoms with Crippen molar-refractivity contribution < 1.29 is 24.2 Å². The average molecular weight is 532 g/mol. The normalized spacial score (nSPS) is 29.7. The molecule has 1 aromatic rings. The van der Waals surface area contributed by atoms with Crippen molar-refractivity contribution >= 4 is 40.9 Å². The van der Waals surface area contributed by atoms with E-state index in [-0.39, 0.29) is 42.2 Å². The lowest BCUT2D eigenvalue weighted by atomic mass is 9.71. The second kappa shape index (κ2) is 11.2. The van der Waals surface area contributed by atoms with Crippen molar-refractivity contribution in [3.8, 4) is 0 Å². The van der Waals surface area contributed by atoms with E-state index < -0.39 is 28.7 Å². The number of anilines is 2. The Morgan fingerprint density at radius 3 is 2.46 bits per heavy atom. The van der Waals surface area contributed by atoms with Gasteiger partial charge >= 0.3 is 5.97 Å². The lowest BCUT2D eigenvalue weighted by molar-refractivity contribution is -0.154. The lowest BCUT2D eigenvalue weighted by Crippen LogP contribution is -2.56. The summed E-state index contributed by atoms with van der Waals surface area (Å²) in [5, 5.41) is 13.4. The van der Waals surface area contributed by atoms with Crippen molar-refractivity contribution in [2.45, 2.75) is 76.0 Å². The molecule has 204 valence electrons. The summed E-state index contributed by atoms with van der Waals surface area (Å²) >= 11 is 1.61. The van der Waals surface area contributed by atoms with Crippen LogP contribution in [0, 0.1) is 17.8 Å². The Bertz CT molecular complexity index is 1000. The fourth-order valence-corrected chi connectivity index (χ4v) is 8.82. The van der Waals surface area contributed by atoms with Crippen LogP contribution in [0.5, 0.6) is 0 Å². The molecule has 1 aromatic carbocycles. The van der Waals surface area contributed by atoms with Crippen molar-refractivity contribution in [3.05, 3.63) is 24.3 Å². The zero-order chi connectivity index (χ0) is 26.9. The molecule has 7 atom stereocenters. The number of aliphatic hydroxyl groups excluding tert-OH is 1. The molecule has 4 rings (SSSR count). The summed E-state index contributed by atoms with van der Waals surface area (Å²) in [6, 6.07) is 6.49. The monoisotopic (exact) mass is 531 g/mol. The topological polar surface area (TPSA) is 99.2 Å². The van der Waals surface area contributed by atoms with Crippen molar-refractivity contribution in [2.75, 3.05) is 36.5 Å². The smallest absolute Gasteiger partial charge is 0.310 e. The Hall–Kier alpha value is -2.26. The van der Waals surface area contributed by atoms with Gasteiger partial charge in [0.2, 0.25) is 11.8 Å². The van der Waals surface area contributed by atoms with Gasteiger partial charge < -0.3 is 25.0 Å². The van der Waals surface area contributed by atoms with Crippen LogP contribution in [-0.2, 0) is 19.1 Å². The van der Waals surface area contributed by atoms with Crippen LogP contribution in [0.3, 0.4) is 0 Å².